The quantitative estimate of drug-likeness (QED) is 0.529. The highest BCUT2D eigenvalue weighted by molar-refractivity contribution is 5.75. The zero-order valence-corrected chi connectivity index (χ0v) is 11.2. The van der Waals surface area contributed by atoms with Crippen molar-refractivity contribution >= 4 is 6.03 Å². The predicted octanol–water partition coefficient (Wildman–Crippen LogP) is -1.75. The Morgan fingerprint density at radius 2 is 1.28 bits per heavy atom. The van der Waals surface area contributed by atoms with Gasteiger partial charge in [0.1, 0.15) is 0 Å². The minimum Gasteiger partial charge on any atom is -0.395 e. The first-order valence-electron chi connectivity index (χ1n) is 6.08. The molecular formula is C11H25N3O4. The van der Waals surface area contributed by atoms with Crippen LogP contribution < -0.4 is 0 Å². The fraction of sp³-hybridized carbons (Fsp3) is 0.909. The van der Waals surface area contributed by atoms with E-state index >= 15 is 0 Å². The van der Waals surface area contributed by atoms with Gasteiger partial charge in [-0.2, -0.15) is 0 Å². The van der Waals surface area contributed by atoms with Gasteiger partial charge < -0.3 is 25.1 Å². The summed E-state index contributed by atoms with van der Waals surface area (Å²) in [4.78, 5) is 16.0. The number of aliphatic hydroxyl groups is 3. The smallest absolute Gasteiger partial charge is 0.319 e. The fourth-order valence-corrected chi connectivity index (χ4v) is 1.54. The van der Waals surface area contributed by atoms with E-state index in [1.165, 1.54) is 0 Å². The molecule has 1 aliphatic rings. The van der Waals surface area contributed by atoms with Crippen molar-refractivity contribution < 1.29 is 20.1 Å². The van der Waals surface area contributed by atoms with Crippen LogP contribution in [-0.2, 0) is 0 Å². The molecule has 7 nitrogen and oxygen atoms in total. The third kappa shape index (κ3) is 6.75. The lowest BCUT2D eigenvalue weighted by Gasteiger charge is -2.17. The number of rotatable bonds is 6. The molecule has 0 atom stereocenters. The summed E-state index contributed by atoms with van der Waals surface area (Å²) in [6.45, 7) is 3.49. The average Bonchev–Trinajstić information content (AvgIpc) is 2.63. The van der Waals surface area contributed by atoms with Crippen LogP contribution in [0.4, 0.5) is 4.79 Å². The van der Waals surface area contributed by atoms with Crippen LogP contribution in [0.2, 0.25) is 0 Å². The molecule has 18 heavy (non-hydrogen) atoms. The SMILES string of the molecule is CN1CCN(C)C1=O.OCCN(CCO)CCO. The van der Waals surface area contributed by atoms with Gasteiger partial charge in [0.15, 0.2) is 0 Å². The Morgan fingerprint density at radius 1 is 0.944 bits per heavy atom. The second-order valence-electron chi connectivity index (χ2n) is 4.14. The van der Waals surface area contributed by atoms with Gasteiger partial charge >= 0.3 is 6.03 Å². The Bertz CT molecular complexity index is 202. The van der Waals surface area contributed by atoms with E-state index in [0.717, 1.165) is 13.1 Å². The van der Waals surface area contributed by atoms with Gasteiger partial charge in [-0.1, -0.05) is 0 Å². The van der Waals surface area contributed by atoms with Crippen molar-refractivity contribution in [3.05, 3.63) is 0 Å². The van der Waals surface area contributed by atoms with Crippen LogP contribution in [0.3, 0.4) is 0 Å². The zero-order valence-electron chi connectivity index (χ0n) is 11.2. The molecule has 1 aliphatic heterocycles. The average molecular weight is 263 g/mol. The summed E-state index contributed by atoms with van der Waals surface area (Å²) >= 11 is 0. The van der Waals surface area contributed by atoms with Crippen LogP contribution in [0.5, 0.6) is 0 Å². The van der Waals surface area contributed by atoms with Crippen molar-refractivity contribution in [1.29, 1.82) is 0 Å². The molecule has 2 amide bonds. The lowest BCUT2D eigenvalue weighted by atomic mass is 10.4. The Hall–Kier alpha value is -0.890. The molecule has 0 radical (unpaired) electrons. The number of likely N-dealkylation sites (N-methyl/N-ethyl adjacent to an activating group) is 2. The number of nitrogens with zero attached hydrogens (tertiary/aromatic N) is 3. The lowest BCUT2D eigenvalue weighted by Crippen LogP contribution is -2.32. The van der Waals surface area contributed by atoms with Crippen molar-refractivity contribution in [2.75, 3.05) is 66.6 Å². The van der Waals surface area contributed by atoms with Gasteiger partial charge in [0.25, 0.3) is 0 Å². The molecule has 0 aromatic carbocycles. The largest absolute Gasteiger partial charge is 0.395 e. The van der Waals surface area contributed by atoms with E-state index in [0.29, 0.717) is 19.6 Å². The highest BCUT2D eigenvalue weighted by Crippen LogP contribution is 2.00. The van der Waals surface area contributed by atoms with Crippen molar-refractivity contribution in [2.24, 2.45) is 0 Å². The van der Waals surface area contributed by atoms with Crippen LogP contribution in [-0.4, -0.2) is 103 Å². The summed E-state index contributed by atoms with van der Waals surface area (Å²) in [6.07, 6.45) is 0. The van der Waals surface area contributed by atoms with Crippen LogP contribution in [0.25, 0.3) is 0 Å². The standard InChI is InChI=1S/C6H15NO3.C5H10N2O/c8-4-1-7(2-5-9)3-6-10;1-6-3-4-7(2)5(6)8/h8-10H,1-6H2;3-4H2,1-2H3. The third-order valence-corrected chi connectivity index (χ3v) is 2.67. The molecule has 7 heteroatoms. The van der Waals surface area contributed by atoms with E-state index in [1.807, 2.05) is 14.1 Å². The summed E-state index contributed by atoms with van der Waals surface area (Å²) < 4.78 is 0. The molecule has 3 N–H and O–H groups in total. The molecular weight excluding hydrogens is 238 g/mol. The number of carbonyl (C=O) groups excluding carboxylic acids is 1. The lowest BCUT2D eigenvalue weighted by molar-refractivity contribution is 0.136. The molecule has 1 saturated heterocycles. The fourth-order valence-electron chi connectivity index (χ4n) is 1.54. The number of aliphatic hydroxyl groups excluding tert-OH is 3. The maximum atomic E-state index is 10.8. The summed E-state index contributed by atoms with van der Waals surface area (Å²) in [5, 5.41) is 25.5. The maximum absolute atomic E-state index is 10.8. The van der Waals surface area contributed by atoms with Gasteiger partial charge in [-0.25, -0.2) is 4.79 Å². The van der Waals surface area contributed by atoms with Gasteiger partial charge in [-0.15, -0.1) is 0 Å². The second-order valence-corrected chi connectivity index (χ2v) is 4.14. The number of carbonyl (C=O) groups is 1. The number of hydrogen-bond donors (Lipinski definition) is 3. The molecule has 0 aromatic rings. The van der Waals surface area contributed by atoms with E-state index in [1.54, 1.807) is 14.7 Å². The molecule has 1 rings (SSSR count). The van der Waals surface area contributed by atoms with E-state index in [9.17, 15) is 4.79 Å². The molecule has 0 aliphatic carbocycles. The van der Waals surface area contributed by atoms with Crippen LogP contribution in [0.15, 0.2) is 0 Å². The first-order valence-corrected chi connectivity index (χ1v) is 6.08. The Morgan fingerprint density at radius 3 is 1.44 bits per heavy atom. The van der Waals surface area contributed by atoms with E-state index in [2.05, 4.69) is 0 Å². The van der Waals surface area contributed by atoms with Crippen molar-refractivity contribution in [1.82, 2.24) is 14.7 Å². The van der Waals surface area contributed by atoms with Crippen LogP contribution >= 0.6 is 0 Å². The number of amides is 2. The highest BCUT2D eigenvalue weighted by Gasteiger charge is 2.20. The van der Waals surface area contributed by atoms with Crippen molar-refractivity contribution in [2.45, 2.75) is 0 Å². The monoisotopic (exact) mass is 263 g/mol. The van der Waals surface area contributed by atoms with Crippen molar-refractivity contribution in [3.63, 3.8) is 0 Å². The highest BCUT2D eigenvalue weighted by atomic mass is 16.3. The van der Waals surface area contributed by atoms with Crippen LogP contribution in [0.1, 0.15) is 0 Å². The number of urea groups is 1. The van der Waals surface area contributed by atoms with Gasteiger partial charge in [-0.3, -0.25) is 4.90 Å². The molecule has 0 spiro atoms. The van der Waals surface area contributed by atoms with Gasteiger partial charge in [-0.05, 0) is 0 Å². The summed E-state index contributed by atoms with van der Waals surface area (Å²) in [6, 6.07) is 0.130. The molecule has 0 unspecified atom stereocenters. The molecule has 1 heterocycles. The first-order chi connectivity index (χ1) is 8.56. The van der Waals surface area contributed by atoms with Crippen molar-refractivity contribution in [3.8, 4) is 0 Å². The van der Waals surface area contributed by atoms with Gasteiger partial charge in [0.05, 0.1) is 19.8 Å². The molecule has 1 fully saturated rings. The minimum atomic E-state index is 0.0694. The van der Waals surface area contributed by atoms with E-state index < -0.39 is 0 Å². The normalized spacial score (nSPS) is 15.1. The number of hydrogen-bond acceptors (Lipinski definition) is 5. The summed E-state index contributed by atoms with van der Waals surface area (Å²) in [5.74, 6) is 0. The molecule has 0 saturated carbocycles. The zero-order chi connectivity index (χ0) is 14.0. The minimum absolute atomic E-state index is 0.0694. The van der Waals surface area contributed by atoms with E-state index in [-0.39, 0.29) is 25.9 Å². The maximum Gasteiger partial charge on any atom is 0.319 e. The first kappa shape index (κ1) is 17.1. The van der Waals surface area contributed by atoms with E-state index in [4.69, 9.17) is 15.3 Å². The van der Waals surface area contributed by atoms with Gasteiger partial charge in [0.2, 0.25) is 0 Å². The topological polar surface area (TPSA) is 87.5 Å². The van der Waals surface area contributed by atoms with Crippen LogP contribution in [0, 0.1) is 0 Å². The third-order valence-electron chi connectivity index (χ3n) is 2.67. The Kier molecular flexibility index (Phi) is 9.57. The summed E-state index contributed by atoms with van der Waals surface area (Å²) in [7, 11) is 3.62. The second kappa shape index (κ2) is 10.1. The Labute approximate surface area is 108 Å². The Balaban J connectivity index is 0.000000327. The molecule has 108 valence electrons. The molecule has 0 bridgehead atoms. The summed E-state index contributed by atoms with van der Waals surface area (Å²) in [5.41, 5.74) is 0. The molecule has 0 aromatic heterocycles. The van der Waals surface area contributed by atoms with Gasteiger partial charge in [0, 0.05) is 46.8 Å². The predicted molar refractivity (Wildman–Crippen MR) is 68.4 cm³/mol.